The van der Waals surface area contributed by atoms with Crippen LogP contribution in [-0.2, 0) is 7.05 Å². The van der Waals surface area contributed by atoms with Gasteiger partial charge in [-0.25, -0.2) is 4.98 Å². The molecule has 1 atom stereocenters. The molecule has 1 aliphatic rings. The van der Waals surface area contributed by atoms with Crippen molar-refractivity contribution in [1.82, 2.24) is 9.55 Å². The van der Waals surface area contributed by atoms with Gasteiger partial charge in [-0.15, -0.1) is 0 Å². The fourth-order valence-electron chi connectivity index (χ4n) is 2.11. The van der Waals surface area contributed by atoms with Gasteiger partial charge in [-0.05, 0) is 24.3 Å². The second-order valence-electron chi connectivity index (χ2n) is 4.19. The molecule has 3 rings (SSSR count). The number of benzene rings is 1. The molecule has 1 saturated heterocycles. The Morgan fingerprint density at radius 2 is 2.31 bits per heavy atom. The summed E-state index contributed by atoms with van der Waals surface area (Å²) >= 11 is 2.01. The van der Waals surface area contributed by atoms with E-state index in [-0.39, 0.29) is 0 Å². The van der Waals surface area contributed by atoms with Gasteiger partial charge in [0.05, 0.1) is 11.0 Å². The fourth-order valence-corrected chi connectivity index (χ4v) is 3.26. The minimum Gasteiger partial charge on any atom is -0.352 e. The van der Waals surface area contributed by atoms with Crippen molar-refractivity contribution in [2.45, 2.75) is 12.5 Å². The third-order valence-electron chi connectivity index (χ3n) is 3.05. The van der Waals surface area contributed by atoms with Crippen LogP contribution < -0.4 is 5.32 Å². The number of rotatable bonds is 2. The number of aromatic nitrogens is 2. The first-order chi connectivity index (χ1) is 7.84. The van der Waals surface area contributed by atoms with Gasteiger partial charge >= 0.3 is 0 Å². The van der Waals surface area contributed by atoms with Crippen LogP contribution in [0.3, 0.4) is 0 Å². The first-order valence-corrected chi connectivity index (χ1v) is 6.76. The number of aryl methyl sites for hydroxylation is 1. The lowest BCUT2D eigenvalue weighted by molar-refractivity contribution is 0.784. The monoisotopic (exact) mass is 233 g/mol. The highest BCUT2D eigenvalue weighted by molar-refractivity contribution is 7.99. The molecule has 0 bridgehead atoms. The lowest BCUT2D eigenvalue weighted by Gasteiger charge is -2.11. The summed E-state index contributed by atoms with van der Waals surface area (Å²) in [5, 5.41) is 3.53. The Bertz CT molecular complexity index is 500. The standard InChI is InChI=1S/C12H15N3S/c1-15-11-5-3-2-4-10(11)14-12(15)13-9-6-7-16-8-9/h2-5,9H,6-8H2,1H3,(H,13,14). The highest BCUT2D eigenvalue weighted by Gasteiger charge is 2.17. The SMILES string of the molecule is Cn1c(NC2CCSC2)nc2ccccc21. The Balaban J connectivity index is 1.94. The molecule has 16 heavy (non-hydrogen) atoms. The van der Waals surface area contributed by atoms with Gasteiger partial charge in [-0.3, -0.25) is 0 Å². The highest BCUT2D eigenvalue weighted by atomic mass is 32.2. The summed E-state index contributed by atoms with van der Waals surface area (Å²) in [5.41, 5.74) is 2.26. The minimum atomic E-state index is 0.584. The number of hydrogen-bond acceptors (Lipinski definition) is 3. The summed E-state index contributed by atoms with van der Waals surface area (Å²) in [6, 6.07) is 8.84. The maximum atomic E-state index is 4.62. The van der Waals surface area contributed by atoms with Crippen LogP contribution in [0.15, 0.2) is 24.3 Å². The summed E-state index contributed by atoms with van der Waals surface area (Å²) < 4.78 is 2.14. The molecule has 1 fully saturated rings. The summed E-state index contributed by atoms with van der Waals surface area (Å²) in [5.74, 6) is 3.46. The quantitative estimate of drug-likeness (QED) is 0.864. The minimum absolute atomic E-state index is 0.584. The van der Waals surface area contributed by atoms with Gasteiger partial charge < -0.3 is 9.88 Å². The third-order valence-corrected chi connectivity index (χ3v) is 4.21. The maximum absolute atomic E-state index is 4.62. The van der Waals surface area contributed by atoms with Crippen LogP contribution in [0.25, 0.3) is 11.0 Å². The van der Waals surface area contributed by atoms with Gasteiger partial charge in [-0.1, -0.05) is 12.1 Å². The van der Waals surface area contributed by atoms with Crippen molar-refractivity contribution >= 4 is 28.7 Å². The second-order valence-corrected chi connectivity index (χ2v) is 5.34. The van der Waals surface area contributed by atoms with Crippen LogP contribution >= 0.6 is 11.8 Å². The topological polar surface area (TPSA) is 29.9 Å². The Morgan fingerprint density at radius 3 is 3.06 bits per heavy atom. The van der Waals surface area contributed by atoms with E-state index in [4.69, 9.17) is 0 Å². The van der Waals surface area contributed by atoms with Crippen molar-refractivity contribution in [3.63, 3.8) is 0 Å². The lowest BCUT2D eigenvalue weighted by Crippen LogP contribution is -2.20. The van der Waals surface area contributed by atoms with Crippen molar-refractivity contribution in [2.24, 2.45) is 7.05 Å². The average molecular weight is 233 g/mol. The number of imidazole rings is 1. The molecule has 84 valence electrons. The van der Waals surface area contributed by atoms with E-state index in [1.165, 1.54) is 23.4 Å². The molecule has 0 spiro atoms. The normalized spacial score (nSPS) is 20.4. The van der Waals surface area contributed by atoms with E-state index in [0.717, 1.165) is 11.5 Å². The molecule has 1 aromatic heterocycles. The van der Waals surface area contributed by atoms with E-state index in [2.05, 4.69) is 40.1 Å². The zero-order valence-corrected chi connectivity index (χ0v) is 10.1. The predicted molar refractivity (Wildman–Crippen MR) is 70.1 cm³/mol. The largest absolute Gasteiger partial charge is 0.352 e. The molecule has 1 aromatic carbocycles. The molecular formula is C12H15N3S. The molecule has 2 aromatic rings. The first kappa shape index (κ1) is 10.0. The number of thioether (sulfide) groups is 1. The van der Waals surface area contributed by atoms with Gasteiger partial charge in [0.25, 0.3) is 0 Å². The molecular weight excluding hydrogens is 218 g/mol. The van der Waals surface area contributed by atoms with Crippen molar-refractivity contribution in [3.8, 4) is 0 Å². The number of anilines is 1. The number of para-hydroxylation sites is 2. The Hall–Kier alpha value is -1.16. The van der Waals surface area contributed by atoms with Gasteiger partial charge in [-0.2, -0.15) is 11.8 Å². The molecule has 1 N–H and O–H groups in total. The van der Waals surface area contributed by atoms with Gasteiger partial charge in [0.15, 0.2) is 0 Å². The molecule has 0 saturated carbocycles. The predicted octanol–water partition coefficient (Wildman–Crippen LogP) is 2.49. The van der Waals surface area contributed by atoms with E-state index in [9.17, 15) is 0 Å². The van der Waals surface area contributed by atoms with E-state index in [1.54, 1.807) is 0 Å². The highest BCUT2D eigenvalue weighted by Crippen LogP contribution is 2.23. The molecule has 3 nitrogen and oxygen atoms in total. The Kier molecular flexibility index (Phi) is 2.52. The van der Waals surface area contributed by atoms with E-state index in [1.807, 2.05) is 17.8 Å². The van der Waals surface area contributed by atoms with Gasteiger partial charge in [0.1, 0.15) is 0 Å². The first-order valence-electron chi connectivity index (χ1n) is 5.60. The van der Waals surface area contributed by atoms with E-state index >= 15 is 0 Å². The second kappa shape index (κ2) is 4.01. The van der Waals surface area contributed by atoms with Crippen LogP contribution in [0, 0.1) is 0 Å². The summed E-state index contributed by atoms with van der Waals surface area (Å²) in [7, 11) is 2.07. The number of hydrogen-bond donors (Lipinski definition) is 1. The number of nitrogens with one attached hydrogen (secondary N) is 1. The molecule has 0 amide bonds. The molecule has 0 radical (unpaired) electrons. The zero-order valence-electron chi connectivity index (χ0n) is 9.31. The van der Waals surface area contributed by atoms with Gasteiger partial charge in [0, 0.05) is 18.8 Å². The zero-order chi connectivity index (χ0) is 11.0. The molecule has 1 aliphatic heterocycles. The third kappa shape index (κ3) is 1.67. The summed E-state index contributed by atoms with van der Waals surface area (Å²) in [6.07, 6.45) is 1.24. The average Bonchev–Trinajstić information content (AvgIpc) is 2.90. The van der Waals surface area contributed by atoms with Crippen LogP contribution in [0.2, 0.25) is 0 Å². The van der Waals surface area contributed by atoms with Gasteiger partial charge in [0.2, 0.25) is 5.95 Å². The summed E-state index contributed by atoms with van der Waals surface area (Å²) in [4.78, 5) is 4.62. The van der Waals surface area contributed by atoms with Crippen molar-refractivity contribution in [1.29, 1.82) is 0 Å². The molecule has 0 aliphatic carbocycles. The smallest absolute Gasteiger partial charge is 0.203 e. The van der Waals surface area contributed by atoms with Crippen LogP contribution in [0.4, 0.5) is 5.95 Å². The van der Waals surface area contributed by atoms with Crippen LogP contribution in [-0.4, -0.2) is 27.1 Å². The Labute approximate surface area is 99.2 Å². The van der Waals surface area contributed by atoms with E-state index < -0.39 is 0 Å². The Morgan fingerprint density at radius 1 is 1.44 bits per heavy atom. The lowest BCUT2D eigenvalue weighted by atomic mass is 10.3. The van der Waals surface area contributed by atoms with E-state index in [0.29, 0.717) is 6.04 Å². The molecule has 2 heterocycles. The molecule has 1 unspecified atom stereocenters. The van der Waals surface area contributed by atoms with Crippen molar-refractivity contribution in [3.05, 3.63) is 24.3 Å². The maximum Gasteiger partial charge on any atom is 0.203 e. The van der Waals surface area contributed by atoms with Crippen molar-refractivity contribution < 1.29 is 0 Å². The fraction of sp³-hybridized carbons (Fsp3) is 0.417. The van der Waals surface area contributed by atoms with Crippen LogP contribution in [0.5, 0.6) is 0 Å². The number of nitrogens with zero attached hydrogens (tertiary/aromatic N) is 2. The number of fused-ring (bicyclic) bond motifs is 1. The van der Waals surface area contributed by atoms with Crippen molar-refractivity contribution in [2.75, 3.05) is 16.8 Å². The summed E-state index contributed by atoms with van der Waals surface area (Å²) in [6.45, 7) is 0. The molecule has 4 heteroatoms. The van der Waals surface area contributed by atoms with Crippen LogP contribution in [0.1, 0.15) is 6.42 Å².